The summed E-state index contributed by atoms with van der Waals surface area (Å²) in [6.45, 7) is -0.411. The van der Waals surface area contributed by atoms with E-state index >= 15 is 0 Å². The molecule has 1 aliphatic carbocycles. The Bertz CT molecular complexity index is 1130. The summed E-state index contributed by atoms with van der Waals surface area (Å²) in [5, 5.41) is 14.0. The summed E-state index contributed by atoms with van der Waals surface area (Å²) >= 11 is 0. The van der Waals surface area contributed by atoms with Gasteiger partial charge in [-0.2, -0.15) is 0 Å². The van der Waals surface area contributed by atoms with Crippen molar-refractivity contribution in [2.45, 2.75) is 5.60 Å². The van der Waals surface area contributed by atoms with Crippen molar-refractivity contribution >= 4 is 17.6 Å². The van der Waals surface area contributed by atoms with Gasteiger partial charge in [0.1, 0.15) is 0 Å². The van der Waals surface area contributed by atoms with Crippen molar-refractivity contribution in [2.24, 2.45) is 0 Å². The third-order valence-electron chi connectivity index (χ3n) is 5.21. The van der Waals surface area contributed by atoms with Crippen molar-refractivity contribution in [2.75, 3.05) is 18.7 Å². The number of nitrogens with one attached hydrogen (secondary N) is 1. The molecule has 5 rings (SSSR count). The lowest BCUT2D eigenvalue weighted by Gasteiger charge is -2.23. The fourth-order valence-corrected chi connectivity index (χ4v) is 3.84. The van der Waals surface area contributed by atoms with Gasteiger partial charge in [-0.3, -0.25) is 4.79 Å². The van der Waals surface area contributed by atoms with E-state index in [9.17, 15) is 14.7 Å². The van der Waals surface area contributed by atoms with Crippen LogP contribution in [0.5, 0.6) is 11.5 Å². The first-order chi connectivity index (χ1) is 14.6. The highest BCUT2D eigenvalue weighted by Crippen LogP contribution is 2.47. The largest absolute Gasteiger partial charge is 0.454 e. The Morgan fingerprint density at radius 1 is 0.933 bits per heavy atom. The quantitative estimate of drug-likeness (QED) is 0.651. The lowest BCUT2D eigenvalue weighted by molar-refractivity contribution is -0.163. The van der Waals surface area contributed by atoms with E-state index in [1.54, 1.807) is 42.5 Å². The van der Waals surface area contributed by atoms with Crippen LogP contribution >= 0.6 is 0 Å². The number of amides is 1. The Hall–Kier alpha value is -3.84. The van der Waals surface area contributed by atoms with E-state index in [1.807, 2.05) is 24.3 Å². The number of rotatable bonds is 4. The zero-order chi connectivity index (χ0) is 20.7. The van der Waals surface area contributed by atoms with Gasteiger partial charge >= 0.3 is 5.97 Å². The normalized spacial score (nSPS) is 14.6. The minimum absolute atomic E-state index is 0.131. The van der Waals surface area contributed by atoms with Crippen molar-refractivity contribution in [3.05, 3.63) is 77.9 Å². The molecule has 3 aromatic carbocycles. The van der Waals surface area contributed by atoms with Gasteiger partial charge < -0.3 is 24.6 Å². The second-order valence-electron chi connectivity index (χ2n) is 6.99. The summed E-state index contributed by atoms with van der Waals surface area (Å²) in [5.41, 5.74) is 0.914. The number of aliphatic hydroxyl groups is 1. The number of hydrogen-bond acceptors (Lipinski definition) is 6. The summed E-state index contributed by atoms with van der Waals surface area (Å²) in [6, 6.07) is 19.2. The Morgan fingerprint density at radius 2 is 1.57 bits per heavy atom. The van der Waals surface area contributed by atoms with Crippen LogP contribution in [0, 0.1) is 0 Å². The smallest absolute Gasteiger partial charge is 0.348 e. The summed E-state index contributed by atoms with van der Waals surface area (Å²) in [6.07, 6.45) is 0. The van der Waals surface area contributed by atoms with E-state index in [2.05, 4.69) is 5.32 Å². The van der Waals surface area contributed by atoms with Crippen LogP contribution in [0.1, 0.15) is 11.1 Å². The average Bonchev–Trinajstić information content (AvgIpc) is 3.34. The molecule has 0 radical (unpaired) electrons. The van der Waals surface area contributed by atoms with Crippen molar-refractivity contribution in [3.63, 3.8) is 0 Å². The predicted octanol–water partition coefficient (Wildman–Crippen LogP) is 2.81. The molecule has 0 saturated carbocycles. The van der Waals surface area contributed by atoms with E-state index in [-0.39, 0.29) is 6.79 Å². The van der Waals surface area contributed by atoms with Gasteiger partial charge in [-0.15, -0.1) is 0 Å². The summed E-state index contributed by atoms with van der Waals surface area (Å²) in [4.78, 5) is 25.2. The highest BCUT2D eigenvalue weighted by atomic mass is 16.7. The number of fused-ring (bicyclic) bond motifs is 4. The third kappa shape index (κ3) is 2.79. The van der Waals surface area contributed by atoms with Crippen LogP contribution in [-0.2, 0) is 19.9 Å². The van der Waals surface area contributed by atoms with Gasteiger partial charge in [-0.25, -0.2) is 4.79 Å². The molecule has 0 atom stereocenters. The van der Waals surface area contributed by atoms with Gasteiger partial charge in [0, 0.05) is 22.9 Å². The van der Waals surface area contributed by atoms with Crippen molar-refractivity contribution in [3.8, 4) is 22.6 Å². The molecule has 30 heavy (non-hydrogen) atoms. The van der Waals surface area contributed by atoms with Crippen LogP contribution in [0.2, 0.25) is 0 Å². The molecule has 0 spiro atoms. The number of carbonyl (C=O) groups is 2. The molecule has 150 valence electrons. The molecule has 0 bridgehead atoms. The fourth-order valence-electron chi connectivity index (χ4n) is 3.84. The third-order valence-corrected chi connectivity index (χ3v) is 5.21. The topological polar surface area (TPSA) is 94.1 Å². The highest BCUT2D eigenvalue weighted by Gasteiger charge is 2.49. The number of ether oxygens (including phenoxy) is 3. The molecule has 2 aliphatic rings. The molecule has 0 unspecified atom stereocenters. The van der Waals surface area contributed by atoms with Gasteiger partial charge in [0.15, 0.2) is 18.1 Å². The maximum atomic E-state index is 12.9. The number of carbonyl (C=O) groups excluding carboxylic acids is 2. The lowest BCUT2D eigenvalue weighted by atomic mass is 9.91. The van der Waals surface area contributed by atoms with Crippen molar-refractivity contribution < 1.29 is 28.9 Å². The molecule has 0 fully saturated rings. The zero-order valence-corrected chi connectivity index (χ0v) is 15.8. The first-order valence-corrected chi connectivity index (χ1v) is 9.36. The number of esters is 1. The minimum Gasteiger partial charge on any atom is -0.454 e. The Labute approximate surface area is 171 Å². The summed E-state index contributed by atoms with van der Waals surface area (Å²) in [7, 11) is 0. The van der Waals surface area contributed by atoms with Gasteiger partial charge in [-0.05, 0) is 23.3 Å². The molecule has 1 aliphatic heterocycles. The van der Waals surface area contributed by atoms with Gasteiger partial charge in [-0.1, -0.05) is 48.5 Å². The molecule has 7 heteroatoms. The summed E-state index contributed by atoms with van der Waals surface area (Å²) < 4.78 is 15.7. The monoisotopic (exact) mass is 403 g/mol. The second-order valence-corrected chi connectivity index (χ2v) is 6.99. The average molecular weight is 403 g/mol. The van der Waals surface area contributed by atoms with Gasteiger partial charge in [0.05, 0.1) is 0 Å². The molecular weight excluding hydrogens is 386 g/mol. The SMILES string of the molecule is O=C(COC(=O)C1(O)c2ccccc2-c2ccccc21)Nc1ccc2c(c1)OCO2. The van der Waals surface area contributed by atoms with Crippen LogP contribution in [0.15, 0.2) is 66.7 Å². The fraction of sp³-hybridized carbons (Fsp3) is 0.130. The molecule has 7 nitrogen and oxygen atoms in total. The van der Waals surface area contributed by atoms with E-state index < -0.39 is 24.1 Å². The second kappa shape index (κ2) is 6.89. The van der Waals surface area contributed by atoms with Crippen molar-refractivity contribution in [1.82, 2.24) is 0 Å². The van der Waals surface area contributed by atoms with Crippen LogP contribution in [0.3, 0.4) is 0 Å². The van der Waals surface area contributed by atoms with Gasteiger partial charge in [0.25, 0.3) is 5.91 Å². The van der Waals surface area contributed by atoms with Crippen LogP contribution in [-0.4, -0.2) is 30.4 Å². The summed E-state index contributed by atoms with van der Waals surface area (Å²) in [5.74, 6) is -0.315. The first-order valence-electron chi connectivity index (χ1n) is 9.36. The van der Waals surface area contributed by atoms with E-state index in [0.717, 1.165) is 11.1 Å². The van der Waals surface area contributed by atoms with E-state index in [1.165, 1.54) is 0 Å². The lowest BCUT2D eigenvalue weighted by Crippen LogP contribution is -2.38. The van der Waals surface area contributed by atoms with Crippen LogP contribution in [0.4, 0.5) is 5.69 Å². The molecule has 3 aromatic rings. The molecule has 0 aromatic heterocycles. The highest BCUT2D eigenvalue weighted by molar-refractivity contribution is 5.98. The van der Waals surface area contributed by atoms with E-state index in [4.69, 9.17) is 14.2 Å². The van der Waals surface area contributed by atoms with Gasteiger partial charge in [0.2, 0.25) is 12.4 Å². The molecule has 1 amide bonds. The molecule has 0 saturated heterocycles. The minimum atomic E-state index is -1.97. The molecular formula is C23H17NO6. The standard InChI is InChI=1S/C23H17NO6/c25-21(24-14-9-10-19-20(11-14)30-13-29-19)12-28-22(26)23(27)17-7-3-1-5-15(17)16-6-2-4-8-18(16)23/h1-11,27H,12-13H2,(H,24,25). The molecule has 2 N–H and O–H groups in total. The van der Waals surface area contributed by atoms with E-state index in [0.29, 0.717) is 28.3 Å². The maximum Gasteiger partial charge on any atom is 0.348 e. The molecule has 1 heterocycles. The zero-order valence-electron chi connectivity index (χ0n) is 15.8. The van der Waals surface area contributed by atoms with Crippen LogP contribution in [0.25, 0.3) is 11.1 Å². The number of anilines is 1. The Balaban J connectivity index is 1.32. The Kier molecular flexibility index (Phi) is 4.18. The Morgan fingerprint density at radius 3 is 2.27 bits per heavy atom. The first kappa shape index (κ1) is 18.2. The number of benzene rings is 3. The van der Waals surface area contributed by atoms with Crippen molar-refractivity contribution in [1.29, 1.82) is 0 Å². The maximum absolute atomic E-state index is 12.9. The predicted molar refractivity (Wildman–Crippen MR) is 107 cm³/mol. The number of hydrogen-bond donors (Lipinski definition) is 2. The van der Waals surface area contributed by atoms with Crippen LogP contribution < -0.4 is 14.8 Å².